The molecule has 11 nitrogen and oxygen atoms in total. The predicted molar refractivity (Wildman–Crippen MR) is 167 cm³/mol. The Morgan fingerprint density at radius 2 is 1.74 bits per heavy atom. The van der Waals surface area contributed by atoms with Crippen molar-refractivity contribution in [3.05, 3.63) is 53.5 Å². The van der Waals surface area contributed by atoms with Gasteiger partial charge in [-0.25, -0.2) is 19.7 Å². The number of ether oxygens (including phenoxy) is 3. The van der Waals surface area contributed by atoms with Gasteiger partial charge in [-0.15, -0.1) is 13.2 Å². The lowest BCUT2D eigenvalue weighted by Crippen LogP contribution is -2.42. The molecule has 2 aromatic heterocycles. The highest BCUT2D eigenvalue weighted by molar-refractivity contribution is 5.92. The molecule has 14 heteroatoms. The Labute approximate surface area is 265 Å². The summed E-state index contributed by atoms with van der Waals surface area (Å²) in [7, 11) is 0. The minimum atomic E-state index is -4.60. The Balaban J connectivity index is 1.13. The number of pyridine rings is 1. The maximum atomic E-state index is 13.1. The summed E-state index contributed by atoms with van der Waals surface area (Å²) < 4.78 is 53.3. The number of piperidine rings is 1. The molecule has 0 bridgehead atoms. The Hall–Kier alpha value is -4.33. The van der Waals surface area contributed by atoms with Gasteiger partial charge < -0.3 is 24.6 Å². The first-order valence-corrected chi connectivity index (χ1v) is 15.4. The van der Waals surface area contributed by atoms with Gasteiger partial charge in [-0.2, -0.15) is 0 Å². The normalized spacial score (nSPS) is 17.2. The molecule has 0 radical (unpaired) electrons. The number of alkyl halides is 3. The number of rotatable bonds is 5. The van der Waals surface area contributed by atoms with Crippen molar-refractivity contribution < 1.29 is 32.2 Å². The largest absolute Gasteiger partial charge is 0.522 e. The smallest absolute Gasteiger partial charge is 0.474 e. The van der Waals surface area contributed by atoms with Crippen molar-refractivity contribution in [2.45, 2.75) is 71.6 Å². The average molecular weight is 642 g/mol. The van der Waals surface area contributed by atoms with Gasteiger partial charge in [0.05, 0.1) is 36.8 Å². The van der Waals surface area contributed by atoms with E-state index in [1.165, 1.54) is 0 Å². The van der Waals surface area contributed by atoms with Crippen LogP contribution in [0.2, 0.25) is 0 Å². The van der Waals surface area contributed by atoms with Crippen LogP contribution in [0.3, 0.4) is 0 Å². The van der Waals surface area contributed by atoms with Gasteiger partial charge in [0.25, 0.3) is 0 Å². The van der Waals surface area contributed by atoms with Crippen molar-refractivity contribution in [1.82, 2.24) is 15.0 Å². The second-order valence-corrected chi connectivity index (χ2v) is 12.7. The van der Waals surface area contributed by atoms with Crippen LogP contribution in [0.25, 0.3) is 0 Å². The minimum Gasteiger partial charge on any atom is -0.474 e. The molecule has 3 aromatic rings. The average Bonchev–Trinajstić information content (AvgIpc) is 3.00. The fourth-order valence-electron chi connectivity index (χ4n) is 6.02. The molecule has 5 heterocycles. The highest BCUT2D eigenvalue weighted by Crippen LogP contribution is 2.40. The molecule has 1 aromatic carbocycles. The predicted octanol–water partition coefficient (Wildman–Crippen LogP) is 6.13. The number of nitrogens with zero attached hydrogens (tertiary/aromatic N) is 6. The second-order valence-electron chi connectivity index (χ2n) is 12.7. The van der Waals surface area contributed by atoms with Gasteiger partial charge >= 0.3 is 12.5 Å². The number of amides is 1. The van der Waals surface area contributed by atoms with E-state index in [0.717, 1.165) is 46.8 Å². The third-order valence-corrected chi connectivity index (χ3v) is 8.20. The molecule has 0 spiro atoms. The van der Waals surface area contributed by atoms with Crippen molar-refractivity contribution >= 4 is 34.8 Å². The van der Waals surface area contributed by atoms with Gasteiger partial charge in [0.1, 0.15) is 17.9 Å². The first-order chi connectivity index (χ1) is 21.8. The summed E-state index contributed by atoms with van der Waals surface area (Å²) in [5, 5.41) is 3.27. The number of carbonyl (C=O) groups is 1. The summed E-state index contributed by atoms with van der Waals surface area (Å²) in [5.41, 5.74) is 5.44. The van der Waals surface area contributed by atoms with Crippen molar-refractivity contribution in [3.63, 3.8) is 0 Å². The minimum absolute atomic E-state index is 0.316. The van der Waals surface area contributed by atoms with E-state index in [4.69, 9.17) is 14.5 Å². The van der Waals surface area contributed by atoms with Crippen LogP contribution in [0.5, 0.6) is 5.88 Å². The number of hydrogen-bond acceptors (Lipinski definition) is 10. The molecule has 0 saturated carbocycles. The topological polar surface area (TPSA) is 105 Å². The van der Waals surface area contributed by atoms with Crippen LogP contribution in [0.4, 0.5) is 46.7 Å². The summed E-state index contributed by atoms with van der Waals surface area (Å²) in [6.45, 7) is 10.4. The van der Waals surface area contributed by atoms with Gasteiger partial charge in [-0.1, -0.05) is 0 Å². The van der Waals surface area contributed by atoms with E-state index >= 15 is 0 Å². The quantitative estimate of drug-likeness (QED) is 0.350. The molecule has 1 N–H and O–H groups in total. The molecule has 6 rings (SSSR count). The molecule has 0 atom stereocenters. The fourth-order valence-corrected chi connectivity index (χ4v) is 6.02. The number of aromatic nitrogens is 3. The molecule has 246 valence electrons. The molecule has 3 aliphatic rings. The van der Waals surface area contributed by atoms with Crippen LogP contribution in [-0.4, -0.2) is 71.9 Å². The van der Waals surface area contributed by atoms with Crippen LogP contribution in [-0.2, 0) is 22.4 Å². The monoisotopic (exact) mass is 641 g/mol. The number of hydrogen-bond donors (Lipinski definition) is 1. The molecule has 46 heavy (non-hydrogen) atoms. The molecule has 0 unspecified atom stereocenters. The first kappa shape index (κ1) is 31.6. The zero-order valence-electron chi connectivity index (χ0n) is 26.4. The number of nitrogens with one attached hydrogen (secondary N) is 1. The summed E-state index contributed by atoms with van der Waals surface area (Å²) in [6.07, 6.45) is -0.827. The standard InChI is InChI=1S/C32H38F3N7O4/c1-20-26(18-36-28-27(20)42(15-16-44-28)30(43)46-31(2,3)4)41-12-9-21-17-37-29(39-25(21)19-41)38-22-5-7-23(8-6-22)40-13-10-24(11-14-40)45-32(33,34)35/h5-8,17-18,24H,9-16,19H2,1-4H3,(H,37,38,39). The maximum Gasteiger partial charge on any atom is 0.522 e. The highest BCUT2D eigenvalue weighted by Gasteiger charge is 2.35. The van der Waals surface area contributed by atoms with E-state index in [2.05, 4.69) is 29.8 Å². The van der Waals surface area contributed by atoms with Gasteiger partial charge in [-0.3, -0.25) is 9.64 Å². The third kappa shape index (κ3) is 7.22. The van der Waals surface area contributed by atoms with Crippen LogP contribution in [0, 0.1) is 6.92 Å². The number of fused-ring (bicyclic) bond motifs is 2. The lowest BCUT2D eigenvalue weighted by atomic mass is 10.0. The van der Waals surface area contributed by atoms with Crippen molar-refractivity contribution in [3.8, 4) is 5.88 Å². The van der Waals surface area contributed by atoms with E-state index in [1.807, 2.05) is 58.2 Å². The molecular weight excluding hydrogens is 603 g/mol. The number of anilines is 5. The van der Waals surface area contributed by atoms with E-state index in [1.54, 1.807) is 11.1 Å². The Morgan fingerprint density at radius 3 is 2.43 bits per heavy atom. The summed E-state index contributed by atoms with van der Waals surface area (Å²) in [5.74, 6) is 0.874. The Bertz CT molecular complexity index is 1570. The van der Waals surface area contributed by atoms with Crippen molar-refractivity contribution in [2.24, 2.45) is 0 Å². The summed E-state index contributed by atoms with van der Waals surface area (Å²) >= 11 is 0. The Kier molecular flexibility index (Phi) is 8.57. The van der Waals surface area contributed by atoms with Crippen LogP contribution < -0.4 is 24.8 Å². The van der Waals surface area contributed by atoms with Gasteiger partial charge in [0.15, 0.2) is 0 Å². The highest BCUT2D eigenvalue weighted by atomic mass is 19.4. The maximum absolute atomic E-state index is 13.1. The van der Waals surface area contributed by atoms with Gasteiger partial charge in [-0.05, 0) is 76.8 Å². The SMILES string of the molecule is Cc1c(N2CCc3cnc(Nc4ccc(N5CCC(OC(F)(F)F)CC5)cc4)nc3C2)cnc2c1N(C(=O)OC(C)(C)C)CCO2. The molecular formula is C32H38F3N7O4. The molecule has 1 saturated heterocycles. The lowest BCUT2D eigenvalue weighted by molar-refractivity contribution is -0.344. The van der Waals surface area contributed by atoms with E-state index in [9.17, 15) is 18.0 Å². The van der Waals surface area contributed by atoms with E-state index in [-0.39, 0.29) is 0 Å². The summed E-state index contributed by atoms with van der Waals surface area (Å²) in [6, 6.07) is 7.68. The molecule has 3 aliphatic heterocycles. The third-order valence-electron chi connectivity index (χ3n) is 8.20. The molecule has 1 fully saturated rings. The van der Waals surface area contributed by atoms with Crippen LogP contribution >= 0.6 is 0 Å². The molecule has 1 amide bonds. The fraction of sp³-hybridized carbons (Fsp3) is 0.500. The second kappa shape index (κ2) is 12.5. The molecule has 0 aliphatic carbocycles. The number of benzene rings is 1. The van der Waals surface area contributed by atoms with Gasteiger partial charge in [0, 0.05) is 42.8 Å². The van der Waals surface area contributed by atoms with Crippen LogP contribution in [0.15, 0.2) is 36.7 Å². The van der Waals surface area contributed by atoms with Crippen molar-refractivity contribution in [1.29, 1.82) is 0 Å². The number of carbonyl (C=O) groups excluding carboxylic acids is 1. The van der Waals surface area contributed by atoms with E-state index in [0.29, 0.717) is 63.1 Å². The summed E-state index contributed by atoms with van der Waals surface area (Å²) in [4.78, 5) is 32.8. The Morgan fingerprint density at radius 1 is 1.00 bits per heavy atom. The zero-order chi connectivity index (χ0) is 32.6. The van der Waals surface area contributed by atoms with Crippen LogP contribution in [0.1, 0.15) is 50.4 Å². The van der Waals surface area contributed by atoms with Crippen molar-refractivity contribution in [2.75, 3.05) is 52.8 Å². The number of halogens is 3. The zero-order valence-corrected chi connectivity index (χ0v) is 26.4. The van der Waals surface area contributed by atoms with Gasteiger partial charge in [0.2, 0.25) is 11.8 Å². The first-order valence-electron chi connectivity index (χ1n) is 15.4. The lowest BCUT2D eigenvalue weighted by Gasteiger charge is -2.35. The van der Waals surface area contributed by atoms with E-state index < -0.39 is 24.2 Å².